The molecule has 1 unspecified atom stereocenters. The van der Waals surface area contributed by atoms with Crippen molar-refractivity contribution in [3.8, 4) is 0 Å². The van der Waals surface area contributed by atoms with Crippen LogP contribution < -0.4 is 0 Å². The topological polar surface area (TPSA) is 24.8 Å². The summed E-state index contributed by atoms with van der Waals surface area (Å²) in [6.45, 7) is 7.87. The van der Waals surface area contributed by atoms with Crippen LogP contribution in [0.3, 0.4) is 0 Å². The maximum Gasteiger partial charge on any atom is 0.287 e. The Hall–Kier alpha value is -0.0631. The van der Waals surface area contributed by atoms with E-state index in [2.05, 4.69) is 16.4 Å². The standard InChI is InChI=1S/C9H19ClN2OSi/c1-3-13-14(2,10)8-4-6-12-7-5-11-9-12/h9H,3-8H2,1-2H3. The quantitative estimate of drug-likeness (QED) is 0.519. The summed E-state index contributed by atoms with van der Waals surface area (Å²) in [4.78, 5) is 6.41. The molecule has 0 amide bonds. The van der Waals surface area contributed by atoms with E-state index in [1.54, 1.807) is 0 Å². The van der Waals surface area contributed by atoms with Crippen molar-refractivity contribution >= 4 is 25.0 Å². The molecule has 0 saturated carbocycles. The average Bonchev–Trinajstić information content (AvgIpc) is 2.56. The minimum absolute atomic E-state index is 0.734. The molecule has 0 N–H and O–H groups in total. The van der Waals surface area contributed by atoms with Crippen molar-refractivity contribution in [2.24, 2.45) is 4.99 Å². The lowest BCUT2D eigenvalue weighted by Gasteiger charge is -2.20. The highest BCUT2D eigenvalue weighted by Gasteiger charge is 2.25. The van der Waals surface area contributed by atoms with Crippen LogP contribution in [0, 0.1) is 0 Å². The van der Waals surface area contributed by atoms with E-state index in [-0.39, 0.29) is 0 Å². The van der Waals surface area contributed by atoms with Gasteiger partial charge in [0.1, 0.15) is 0 Å². The molecule has 0 aliphatic carbocycles. The first kappa shape index (κ1) is 12.0. The van der Waals surface area contributed by atoms with Crippen LogP contribution in [0.1, 0.15) is 13.3 Å². The minimum atomic E-state index is -1.87. The third-order valence-corrected chi connectivity index (χ3v) is 5.31. The van der Waals surface area contributed by atoms with Crippen molar-refractivity contribution < 1.29 is 4.43 Å². The third-order valence-electron chi connectivity index (χ3n) is 2.28. The zero-order valence-corrected chi connectivity index (χ0v) is 10.8. The van der Waals surface area contributed by atoms with E-state index in [0.717, 1.165) is 38.7 Å². The molecule has 0 aromatic carbocycles. The molecule has 0 spiro atoms. The molecule has 1 aliphatic rings. The van der Waals surface area contributed by atoms with Gasteiger partial charge in [-0.05, 0) is 25.9 Å². The lowest BCUT2D eigenvalue weighted by Crippen LogP contribution is -2.29. The SMILES string of the molecule is CCO[Si](C)(Cl)CCCN1C=NCC1. The fraction of sp³-hybridized carbons (Fsp3) is 0.889. The maximum absolute atomic E-state index is 6.29. The lowest BCUT2D eigenvalue weighted by molar-refractivity contribution is 0.336. The molecule has 0 aromatic heterocycles. The number of rotatable bonds is 6. The van der Waals surface area contributed by atoms with Crippen LogP contribution in [0.2, 0.25) is 12.6 Å². The van der Waals surface area contributed by atoms with Crippen molar-refractivity contribution in [3.63, 3.8) is 0 Å². The highest BCUT2D eigenvalue weighted by atomic mass is 35.6. The zero-order chi connectivity index (χ0) is 10.4. The van der Waals surface area contributed by atoms with E-state index in [0.29, 0.717) is 0 Å². The van der Waals surface area contributed by atoms with Gasteiger partial charge in [-0.2, -0.15) is 0 Å². The lowest BCUT2D eigenvalue weighted by atomic mass is 10.4. The molecule has 0 fully saturated rings. The van der Waals surface area contributed by atoms with Crippen LogP contribution in [0.25, 0.3) is 0 Å². The van der Waals surface area contributed by atoms with Crippen molar-refractivity contribution in [2.45, 2.75) is 25.9 Å². The van der Waals surface area contributed by atoms with Crippen LogP contribution >= 0.6 is 11.1 Å². The van der Waals surface area contributed by atoms with Crippen molar-refractivity contribution in [3.05, 3.63) is 0 Å². The van der Waals surface area contributed by atoms with Crippen molar-refractivity contribution in [1.29, 1.82) is 0 Å². The van der Waals surface area contributed by atoms with Gasteiger partial charge in [0.15, 0.2) is 0 Å². The minimum Gasteiger partial charge on any atom is -0.403 e. The molecular weight excluding hydrogens is 216 g/mol. The van der Waals surface area contributed by atoms with E-state index in [1.807, 2.05) is 13.3 Å². The Morgan fingerprint density at radius 1 is 1.64 bits per heavy atom. The molecule has 3 nitrogen and oxygen atoms in total. The Bertz CT molecular complexity index is 199. The second-order valence-electron chi connectivity index (χ2n) is 3.70. The van der Waals surface area contributed by atoms with Crippen molar-refractivity contribution in [1.82, 2.24) is 4.90 Å². The average molecular weight is 235 g/mol. The Labute approximate surface area is 91.9 Å². The van der Waals surface area contributed by atoms with Gasteiger partial charge in [0.05, 0.1) is 12.9 Å². The summed E-state index contributed by atoms with van der Waals surface area (Å²) in [6, 6.07) is 1.02. The highest BCUT2D eigenvalue weighted by molar-refractivity contribution is 7.16. The summed E-state index contributed by atoms with van der Waals surface area (Å²) in [5.41, 5.74) is 0. The summed E-state index contributed by atoms with van der Waals surface area (Å²) >= 11 is 6.29. The molecule has 0 bridgehead atoms. The van der Waals surface area contributed by atoms with Gasteiger partial charge < -0.3 is 9.33 Å². The Morgan fingerprint density at radius 2 is 2.43 bits per heavy atom. The molecule has 1 rings (SSSR count). The zero-order valence-electron chi connectivity index (χ0n) is 9.00. The van der Waals surface area contributed by atoms with Crippen LogP contribution in [-0.2, 0) is 4.43 Å². The molecular formula is C9H19ClN2OSi. The van der Waals surface area contributed by atoms with Crippen molar-refractivity contribution in [2.75, 3.05) is 26.2 Å². The predicted molar refractivity (Wildman–Crippen MR) is 63.5 cm³/mol. The van der Waals surface area contributed by atoms with Gasteiger partial charge in [0.2, 0.25) is 0 Å². The summed E-state index contributed by atoms with van der Waals surface area (Å²) < 4.78 is 5.55. The van der Waals surface area contributed by atoms with Gasteiger partial charge in [-0.3, -0.25) is 4.99 Å². The first-order valence-electron chi connectivity index (χ1n) is 5.21. The summed E-state index contributed by atoms with van der Waals surface area (Å²) in [5.74, 6) is 0. The maximum atomic E-state index is 6.29. The monoisotopic (exact) mass is 234 g/mol. The molecule has 0 aromatic rings. The summed E-state index contributed by atoms with van der Waals surface area (Å²) in [6.07, 6.45) is 3.05. The number of hydrogen-bond donors (Lipinski definition) is 0. The Kier molecular flexibility index (Phi) is 4.91. The molecule has 0 saturated heterocycles. The van der Waals surface area contributed by atoms with Crippen LogP contribution in [-0.4, -0.2) is 45.1 Å². The Morgan fingerprint density at radius 3 is 3.00 bits per heavy atom. The predicted octanol–water partition coefficient (Wildman–Crippen LogP) is 2.07. The molecule has 5 heteroatoms. The van der Waals surface area contributed by atoms with Gasteiger partial charge in [-0.25, -0.2) is 0 Å². The first-order valence-corrected chi connectivity index (χ1v) is 8.83. The number of aliphatic imine (C=N–C) groups is 1. The number of nitrogens with zero attached hydrogens (tertiary/aromatic N) is 2. The van der Waals surface area contributed by atoms with Gasteiger partial charge in [-0.15, -0.1) is 11.1 Å². The van der Waals surface area contributed by atoms with E-state index in [1.165, 1.54) is 0 Å². The molecule has 0 radical (unpaired) electrons. The van der Waals surface area contributed by atoms with E-state index in [9.17, 15) is 0 Å². The van der Waals surface area contributed by atoms with Gasteiger partial charge in [-0.1, -0.05) is 0 Å². The molecule has 14 heavy (non-hydrogen) atoms. The van der Waals surface area contributed by atoms with E-state index >= 15 is 0 Å². The normalized spacial score (nSPS) is 20.1. The van der Waals surface area contributed by atoms with Crippen LogP contribution in [0.15, 0.2) is 4.99 Å². The van der Waals surface area contributed by atoms with Gasteiger partial charge in [0, 0.05) is 19.7 Å². The summed E-state index contributed by atoms with van der Waals surface area (Å²) in [5, 5.41) is 0. The third kappa shape index (κ3) is 4.44. The fourth-order valence-corrected chi connectivity index (χ4v) is 3.82. The molecule has 1 atom stereocenters. The molecule has 1 aliphatic heterocycles. The Balaban J connectivity index is 2.10. The largest absolute Gasteiger partial charge is 0.403 e. The molecule has 1 heterocycles. The number of halogens is 1. The van der Waals surface area contributed by atoms with E-state index in [4.69, 9.17) is 15.5 Å². The molecule has 82 valence electrons. The van der Waals surface area contributed by atoms with Gasteiger partial charge >= 0.3 is 0 Å². The second kappa shape index (κ2) is 5.73. The highest BCUT2D eigenvalue weighted by Crippen LogP contribution is 2.18. The van der Waals surface area contributed by atoms with Crippen LogP contribution in [0.5, 0.6) is 0 Å². The first-order chi connectivity index (χ1) is 6.64. The van der Waals surface area contributed by atoms with Crippen LogP contribution in [0.4, 0.5) is 0 Å². The van der Waals surface area contributed by atoms with Gasteiger partial charge in [0.25, 0.3) is 7.63 Å². The summed E-state index contributed by atoms with van der Waals surface area (Å²) in [7, 11) is -1.87. The second-order valence-corrected chi connectivity index (χ2v) is 9.09. The smallest absolute Gasteiger partial charge is 0.287 e. The van der Waals surface area contributed by atoms with E-state index < -0.39 is 7.63 Å². The fourth-order valence-electron chi connectivity index (χ4n) is 1.56. The number of hydrogen-bond acceptors (Lipinski definition) is 3.